The molecule has 1 aromatic carbocycles. The Morgan fingerprint density at radius 3 is 2.45 bits per heavy atom. The highest BCUT2D eigenvalue weighted by atomic mass is 35.5. The summed E-state index contributed by atoms with van der Waals surface area (Å²) >= 11 is 11.8. The zero-order valence-electron chi connectivity index (χ0n) is 23.8. The summed E-state index contributed by atoms with van der Waals surface area (Å²) in [7, 11) is 0. The van der Waals surface area contributed by atoms with Crippen LogP contribution in [0.25, 0.3) is 10.8 Å². The Morgan fingerprint density at radius 2 is 1.88 bits per heavy atom. The Balaban J connectivity index is 0.000000249. The third-order valence-electron chi connectivity index (χ3n) is 6.24. The van der Waals surface area contributed by atoms with E-state index in [2.05, 4.69) is 67.1 Å². The lowest BCUT2D eigenvalue weighted by atomic mass is 9.84. The number of anilines is 1. The van der Waals surface area contributed by atoms with Crippen LogP contribution in [0.15, 0.2) is 43.0 Å². The zero-order valence-corrected chi connectivity index (χ0v) is 25.3. The molecule has 0 spiro atoms. The maximum atomic E-state index is 12.1. The second kappa shape index (κ2) is 15.3. The lowest BCUT2D eigenvalue weighted by Crippen LogP contribution is -2.34. The minimum atomic E-state index is -0.747. The minimum absolute atomic E-state index is 0.0826. The molecule has 3 aromatic rings. The Morgan fingerprint density at radius 1 is 1.20 bits per heavy atom. The lowest BCUT2D eigenvalue weighted by molar-refractivity contribution is -0.128. The van der Waals surface area contributed by atoms with E-state index < -0.39 is 6.04 Å². The number of nitrogens with zero attached hydrogens (tertiary/aromatic N) is 5. The van der Waals surface area contributed by atoms with Gasteiger partial charge in [-0.1, -0.05) is 76.9 Å². The van der Waals surface area contributed by atoms with E-state index in [-0.39, 0.29) is 17.9 Å². The van der Waals surface area contributed by atoms with Gasteiger partial charge in [0, 0.05) is 46.8 Å². The molecular weight excluding hydrogens is 549 g/mol. The SMILES string of the molecule is CC(C)C.C[C@H]1CN(C(=O)CNc2cncc(Cl)n2)CC1(C)C.N#CC(NC=O)c1cncc2cccc(Cl)c12. The number of nitriles is 1. The second-order valence-corrected chi connectivity index (χ2v) is 11.7. The first-order valence-electron chi connectivity index (χ1n) is 13.0. The van der Waals surface area contributed by atoms with Gasteiger partial charge < -0.3 is 15.5 Å². The highest BCUT2D eigenvalue weighted by Gasteiger charge is 2.38. The standard InChI is InChI=1S/C13H19ClN4O.C12H8ClN3O.C4H10/c1-9-7-18(8-13(9,2)3)12(19)6-16-11-5-15-4-10(14)17-11;13-10-3-1-2-8-5-15-6-9(12(8)10)11(4-14)16-7-17;1-4(2)3/h4-5,9H,6-8H2,1-3H3,(H,16,17);1-3,5-7,11H,(H,16,17);4H,1-3H3/t9-;;/m0../s1. The number of carbonyl (C=O) groups is 2. The maximum absolute atomic E-state index is 12.1. The Labute approximate surface area is 246 Å². The number of rotatable bonds is 6. The van der Waals surface area contributed by atoms with Crippen LogP contribution in [0, 0.1) is 28.6 Å². The number of nitrogens with one attached hydrogen (secondary N) is 2. The van der Waals surface area contributed by atoms with Crippen LogP contribution < -0.4 is 10.6 Å². The van der Waals surface area contributed by atoms with Crippen LogP contribution in [0.5, 0.6) is 0 Å². The van der Waals surface area contributed by atoms with Gasteiger partial charge in [0.05, 0.1) is 25.0 Å². The molecule has 0 aliphatic carbocycles. The van der Waals surface area contributed by atoms with E-state index in [4.69, 9.17) is 28.5 Å². The third kappa shape index (κ3) is 9.61. The number of pyridine rings is 1. The van der Waals surface area contributed by atoms with Crippen molar-refractivity contribution in [1.29, 1.82) is 5.26 Å². The first-order chi connectivity index (χ1) is 18.9. The van der Waals surface area contributed by atoms with Crippen molar-refractivity contribution < 1.29 is 9.59 Å². The molecule has 2 amide bonds. The van der Waals surface area contributed by atoms with Crippen molar-refractivity contribution >= 4 is 52.1 Å². The van der Waals surface area contributed by atoms with Crippen LogP contribution in [0.1, 0.15) is 53.1 Å². The fourth-order valence-electron chi connectivity index (χ4n) is 3.88. The minimum Gasteiger partial charge on any atom is -0.360 e. The van der Waals surface area contributed by atoms with Crippen LogP contribution in [0.2, 0.25) is 10.2 Å². The summed E-state index contributed by atoms with van der Waals surface area (Å²) in [5, 5.41) is 16.8. The Hall–Kier alpha value is -3.48. The molecule has 214 valence electrons. The molecule has 0 radical (unpaired) electrons. The summed E-state index contributed by atoms with van der Waals surface area (Å²) in [6.45, 7) is 14.9. The highest BCUT2D eigenvalue weighted by molar-refractivity contribution is 6.35. The van der Waals surface area contributed by atoms with Gasteiger partial charge >= 0.3 is 0 Å². The molecule has 9 nitrogen and oxygen atoms in total. The summed E-state index contributed by atoms with van der Waals surface area (Å²) in [5.41, 5.74) is 0.786. The van der Waals surface area contributed by atoms with Crippen molar-refractivity contribution in [3.8, 4) is 6.07 Å². The molecule has 40 heavy (non-hydrogen) atoms. The van der Waals surface area contributed by atoms with Crippen LogP contribution in [-0.2, 0) is 9.59 Å². The number of hydrogen-bond donors (Lipinski definition) is 2. The van der Waals surface area contributed by atoms with E-state index in [0.717, 1.165) is 29.8 Å². The number of hydrogen-bond acceptors (Lipinski definition) is 7. The predicted molar refractivity (Wildman–Crippen MR) is 160 cm³/mol. The monoisotopic (exact) mass is 585 g/mol. The van der Waals surface area contributed by atoms with Gasteiger partial charge in [-0.15, -0.1) is 0 Å². The second-order valence-electron chi connectivity index (χ2n) is 10.9. The van der Waals surface area contributed by atoms with Crippen molar-refractivity contribution in [3.05, 3.63) is 58.7 Å². The van der Waals surface area contributed by atoms with E-state index in [0.29, 0.717) is 33.9 Å². The predicted octanol–water partition coefficient (Wildman–Crippen LogP) is 5.91. The number of amides is 2. The third-order valence-corrected chi connectivity index (χ3v) is 6.74. The van der Waals surface area contributed by atoms with Gasteiger partial charge in [0.25, 0.3) is 0 Å². The zero-order chi connectivity index (χ0) is 29.9. The van der Waals surface area contributed by atoms with Crippen molar-refractivity contribution in [3.63, 3.8) is 0 Å². The van der Waals surface area contributed by atoms with Crippen LogP contribution in [-0.4, -0.2) is 51.8 Å². The fourth-order valence-corrected chi connectivity index (χ4v) is 4.32. The van der Waals surface area contributed by atoms with Crippen LogP contribution >= 0.6 is 23.2 Å². The molecule has 2 aromatic heterocycles. The van der Waals surface area contributed by atoms with Gasteiger partial charge in [-0.2, -0.15) is 5.26 Å². The van der Waals surface area contributed by atoms with Gasteiger partial charge in [0.15, 0.2) is 0 Å². The Kier molecular flexibility index (Phi) is 12.6. The van der Waals surface area contributed by atoms with Gasteiger partial charge in [-0.25, -0.2) is 4.98 Å². The summed E-state index contributed by atoms with van der Waals surface area (Å²) in [6.07, 6.45) is 6.71. The van der Waals surface area contributed by atoms with Gasteiger partial charge in [0.1, 0.15) is 17.0 Å². The quantitative estimate of drug-likeness (QED) is 0.344. The molecule has 1 unspecified atom stereocenters. The van der Waals surface area contributed by atoms with E-state index >= 15 is 0 Å². The van der Waals surface area contributed by atoms with E-state index in [9.17, 15) is 9.59 Å². The van der Waals surface area contributed by atoms with E-state index in [1.807, 2.05) is 23.1 Å². The van der Waals surface area contributed by atoms with E-state index in [1.54, 1.807) is 24.7 Å². The van der Waals surface area contributed by atoms with Gasteiger partial charge in [0.2, 0.25) is 12.3 Å². The average Bonchev–Trinajstić information content (AvgIpc) is 3.18. The number of fused-ring (bicyclic) bond motifs is 1. The van der Waals surface area contributed by atoms with Crippen LogP contribution in [0.3, 0.4) is 0 Å². The number of halogens is 2. The topological polar surface area (TPSA) is 124 Å². The molecule has 0 saturated carbocycles. The van der Waals surface area contributed by atoms with Gasteiger partial charge in [-0.05, 0) is 23.3 Å². The fraction of sp³-hybridized carbons (Fsp3) is 0.448. The molecule has 2 N–H and O–H groups in total. The van der Waals surface area contributed by atoms with Crippen molar-refractivity contribution in [2.24, 2.45) is 17.3 Å². The first-order valence-corrected chi connectivity index (χ1v) is 13.8. The molecule has 1 aliphatic heterocycles. The molecule has 1 aliphatic rings. The van der Waals surface area contributed by atoms with Crippen molar-refractivity contribution in [2.45, 2.75) is 47.6 Å². The molecule has 11 heteroatoms. The number of likely N-dealkylation sites (tertiary alicyclic amines) is 1. The normalized spacial score (nSPS) is 16.1. The first kappa shape index (κ1) is 32.7. The molecule has 1 fully saturated rings. The smallest absolute Gasteiger partial charge is 0.241 e. The number of benzene rings is 1. The summed E-state index contributed by atoms with van der Waals surface area (Å²) < 4.78 is 0. The molecular formula is C29H37Cl2N7O2. The molecule has 3 heterocycles. The molecule has 0 bridgehead atoms. The molecule has 2 atom stereocenters. The molecule has 1 saturated heterocycles. The molecule has 4 rings (SSSR count). The van der Waals surface area contributed by atoms with Crippen LogP contribution in [0.4, 0.5) is 5.82 Å². The lowest BCUT2D eigenvalue weighted by Gasteiger charge is -2.22. The van der Waals surface area contributed by atoms with Gasteiger partial charge in [-0.3, -0.25) is 19.6 Å². The summed E-state index contributed by atoms with van der Waals surface area (Å²) in [6, 6.07) is 6.65. The maximum Gasteiger partial charge on any atom is 0.241 e. The average molecular weight is 587 g/mol. The largest absolute Gasteiger partial charge is 0.360 e. The van der Waals surface area contributed by atoms with E-state index in [1.165, 1.54) is 6.20 Å². The van der Waals surface area contributed by atoms with Crippen molar-refractivity contribution in [1.82, 2.24) is 25.2 Å². The summed E-state index contributed by atoms with van der Waals surface area (Å²) in [4.78, 5) is 36.5. The van der Waals surface area contributed by atoms with Crippen molar-refractivity contribution in [2.75, 3.05) is 25.0 Å². The number of aromatic nitrogens is 3. The number of carbonyl (C=O) groups excluding carboxylic acids is 2. The highest BCUT2D eigenvalue weighted by Crippen LogP contribution is 2.34. The Bertz CT molecular complexity index is 1320. The summed E-state index contributed by atoms with van der Waals surface area (Å²) in [5.74, 6) is 1.95.